The Morgan fingerprint density at radius 1 is 1.21 bits per heavy atom. The predicted octanol–water partition coefficient (Wildman–Crippen LogP) is 3.22. The van der Waals surface area contributed by atoms with Gasteiger partial charge in [-0.2, -0.15) is 0 Å². The number of ether oxygens (including phenoxy) is 1. The summed E-state index contributed by atoms with van der Waals surface area (Å²) in [5, 5.41) is 0.913. The second-order valence-corrected chi connectivity index (χ2v) is 5.66. The molecular formula is C19H19N3O2. The van der Waals surface area contributed by atoms with Gasteiger partial charge in [-0.05, 0) is 37.3 Å². The molecule has 0 atom stereocenters. The summed E-state index contributed by atoms with van der Waals surface area (Å²) in [5.74, 6) is 0.684. The van der Waals surface area contributed by atoms with E-state index in [1.807, 2.05) is 49.4 Å². The van der Waals surface area contributed by atoms with Crippen molar-refractivity contribution in [3.05, 3.63) is 65.6 Å². The summed E-state index contributed by atoms with van der Waals surface area (Å²) in [7, 11) is 3.40. The van der Waals surface area contributed by atoms with Crippen LogP contribution in [0.5, 0.6) is 5.75 Å². The van der Waals surface area contributed by atoms with Crippen LogP contribution in [0.2, 0.25) is 0 Å². The molecule has 2 aromatic heterocycles. The van der Waals surface area contributed by atoms with E-state index in [1.54, 1.807) is 25.3 Å². The first kappa shape index (κ1) is 15.9. The van der Waals surface area contributed by atoms with E-state index in [2.05, 4.69) is 9.97 Å². The first-order valence-electron chi connectivity index (χ1n) is 7.69. The van der Waals surface area contributed by atoms with Gasteiger partial charge >= 0.3 is 0 Å². The highest BCUT2D eigenvalue weighted by Crippen LogP contribution is 2.22. The van der Waals surface area contributed by atoms with Crippen molar-refractivity contribution in [1.82, 2.24) is 14.9 Å². The van der Waals surface area contributed by atoms with Crippen LogP contribution in [0.1, 0.15) is 21.7 Å². The van der Waals surface area contributed by atoms with Gasteiger partial charge in [-0.15, -0.1) is 0 Å². The van der Waals surface area contributed by atoms with Crippen LogP contribution in [0.15, 0.2) is 48.7 Å². The highest BCUT2D eigenvalue weighted by Gasteiger charge is 2.17. The fourth-order valence-electron chi connectivity index (χ4n) is 2.60. The third-order valence-electron chi connectivity index (χ3n) is 3.92. The van der Waals surface area contributed by atoms with Crippen LogP contribution >= 0.6 is 0 Å². The van der Waals surface area contributed by atoms with E-state index in [0.717, 1.165) is 22.3 Å². The zero-order valence-corrected chi connectivity index (χ0v) is 14.0. The lowest BCUT2D eigenvalue weighted by Crippen LogP contribution is -2.27. The number of pyridine rings is 2. The molecule has 3 rings (SSSR count). The number of nitrogens with zero attached hydrogens (tertiary/aromatic N) is 3. The van der Waals surface area contributed by atoms with Gasteiger partial charge in [0, 0.05) is 24.7 Å². The van der Waals surface area contributed by atoms with E-state index in [1.165, 1.54) is 0 Å². The van der Waals surface area contributed by atoms with Gasteiger partial charge in [0.05, 0.1) is 36.1 Å². The molecular weight excluding hydrogens is 302 g/mol. The van der Waals surface area contributed by atoms with Gasteiger partial charge in [-0.3, -0.25) is 14.8 Å². The summed E-state index contributed by atoms with van der Waals surface area (Å²) in [6.45, 7) is 2.31. The van der Waals surface area contributed by atoms with Crippen LogP contribution in [-0.4, -0.2) is 34.9 Å². The van der Waals surface area contributed by atoms with Crippen LogP contribution in [0.4, 0.5) is 0 Å². The summed E-state index contributed by atoms with van der Waals surface area (Å²) in [4.78, 5) is 23.2. The molecule has 0 bridgehead atoms. The van der Waals surface area contributed by atoms with Gasteiger partial charge in [-0.25, -0.2) is 0 Å². The molecule has 0 aliphatic carbocycles. The number of hydrogen-bond donors (Lipinski definition) is 0. The average Bonchev–Trinajstić information content (AvgIpc) is 2.60. The number of fused-ring (bicyclic) bond motifs is 1. The van der Waals surface area contributed by atoms with Gasteiger partial charge in [0.1, 0.15) is 5.75 Å². The third-order valence-corrected chi connectivity index (χ3v) is 3.92. The number of aryl methyl sites for hydroxylation is 1. The fourth-order valence-corrected chi connectivity index (χ4v) is 2.60. The summed E-state index contributed by atoms with van der Waals surface area (Å²) < 4.78 is 5.22. The zero-order valence-electron chi connectivity index (χ0n) is 14.0. The first-order valence-corrected chi connectivity index (χ1v) is 7.69. The average molecular weight is 321 g/mol. The molecule has 0 N–H and O–H groups in total. The zero-order chi connectivity index (χ0) is 17.1. The smallest absolute Gasteiger partial charge is 0.255 e. The number of aromatic nitrogens is 2. The lowest BCUT2D eigenvalue weighted by molar-refractivity contribution is 0.0782. The van der Waals surface area contributed by atoms with Crippen LogP contribution in [0.25, 0.3) is 10.9 Å². The molecule has 5 heteroatoms. The van der Waals surface area contributed by atoms with Crippen LogP contribution in [-0.2, 0) is 6.54 Å². The fraction of sp³-hybridized carbons (Fsp3) is 0.211. The largest absolute Gasteiger partial charge is 0.497 e. The van der Waals surface area contributed by atoms with Gasteiger partial charge < -0.3 is 9.64 Å². The molecule has 5 nitrogen and oxygen atoms in total. The Labute approximate surface area is 140 Å². The third kappa shape index (κ3) is 3.20. The van der Waals surface area contributed by atoms with Gasteiger partial charge in [-0.1, -0.05) is 6.07 Å². The number of benzene rings is 1. The van der Waals surface area contributed by atoms with Crippen molar-refractivity contribution in [2.75, 3.05) is 14.2 Å². The Kier molecular flexibility index (Phi) is 4.42. The van der Waals surface area contributed by atoms with Crippen LogP contribution in [0, 0.1) is 6.92 Å². The first-order chi connectivity index (χ1) is 11.6. The van der Waals surface area contributed by atoms with E-state index < -0.39 is 0 Å². The molecule has 24 heavy (non-hydrogen) atoms. The Bertz CT molecular complexity index is 878. The summed E-state index contributed by atoms with van der Waals surface area (Å²) in [6, 6.07) is 13.2. The van der Waals surface area contributed by atoms with Crippen molar-refractivity contribution < 1.29 is 9.53 Å². The molecule has 1 amide bonds. The van der Waals surface area contributed by atoms with Crippen molar-refractivity contribution in [3.63, 3.8) is 0 Å². The minimum Gasteiger partial charge on any atom is -0.497 e. The molecule has 0 saturated heterocycles. The quantitative estimate of drug-likeness (QED) is 0.740. The normalized spacial score (nSPS) is 10.6. The summed E-state index contributed by atoms with van der Waals surface area (Å²) in [5.41, 5.74) is 2.97. The lowest BCUT2D eigenvalue weighted by atomic mass is 10.1. The molecule has 3 aromatic rings. The van der Waals surface area contributed by atoms with Crippen molar-refractivity contribution in [3.8, 4) is 5.75 Å². The number of methoxy groups -OCH3 is 1. The maximum Gasteiger partial charge on any atom is 0.255 e. The number of amides is 1. The standard InChI is InChI=1S/C19H19N3O2/c1-13-17(10-14-7-8-16(24-3)11-18(14)21-13)19(23)22(2)12-15-6-4-5-9-20-15/h4-11H,12H2,1-3H3. The van der Waals surface area contributed by atoms with E-state index >= 15 is 0 Å². The molecule has 0 radical (unpaired) electrons. The van der Waals surface area contributed by atoms with E-state index in [-0.39, 0.29) is 5.91 Å². The van der Waals surface area contributed by atoms with Gasteiger partial charge in [0.15, 0.2) is 0 Å². The second-order valence-electron chi connectivity index (χ2n) is 5.66. The maximum absolute atomic E-state index is 12.8. The van der Waals surface area contributed by atoms with Crippen molar-refractivity contribution in [2.45, 2.75) is 13.5 Å². The minimum absolute atomic E-state index is 0.0663. The Balaban J connectivity index is 1.90. The van der Waals surface area contributed by atoms with Crippen molar-refractivity contribution >= 4 is 16.8 Å². The van der Waals surface area contributed by atoms with Crippen molar-refractivity contribution in [1.29, 1.82) is 0 Å². The predicted molar refractivity (Wildman–Crippen MR) is 93.1 cm³/mol. The molecule has 0 spiro atoms. The molecule has 0 aliphatic rings. The lowest BCUT2D eigenvalue weighted by Gasteiger charge is -2.18. The van der Waals surface area contributed by atoms with Gasteiger partial charge in [0.25, 0.3) is 5.91 Å². The minimum atomic E-state index is -0.0663. The van der Waals surface area contributed by atoms with E-state index in [0.29, 0.717) is 17.8 Å². The van der Waals surface area contributed by atoms with Crippen molar-refractivity contribution in [2.24, 2.45) is 0 Å². The summed E-state index contributed by atoms with van der Waals surface area (Å²) >= 11 is 0. The molecule has 0 unspecified atom stereocenters. The number of rotatable bonds is 4. The Hall–Kier alpha value is -2.95. The monoisotopic (exact) mass is 321 g/mol. The van der Waals surface area contributed by atoms with E-state index in [4.69, 9.17) is 4.74 Å². The van der Waals surface area contributed by atoms with Crippen LogP contribution in [0.3, 0.4) is 0 Å². The topological polar surface area (TPSA) is 55.3 Å². The van der Waals surface area contributed by atoms with E-state index in [9.17, 15) is 4.79 Å². The number of carbonyl (C=O) groups is 1. The maximum atomic E-state index is 12.8. The molecule has 0 fully saturated rings. The molecule has 0 saturated carbocycles. The highest BCUT2D eigenvalue weighted by molar-refractivity contribution is 5.98. The molecule has 2 heterocycles. The SMILES string of the molecule is COc1ccc2cc(C(=O)N(C)Cc3ccccn3)c(C)nc2c1. The molecule has 122 valence electrons. The van der Waals surface area contributed by atoms with Crippen LogP contribution < -0.4 is 4.74 Å². The number of carbonyl (C=O) groups excluding carboxylic acids is 1. The highest BCUT2D eigenvalue weighted by atomic mass is 16.5. The Morgan fingerprint density at radius 3 is 2.75 bits per heavy atom. The second kappa shape index (κ2) is 6.66. The summed E-state index contributed by atoms with van der Waals surface area (Å²) in [6.07, 6.45) is 1.73. The number of hydrogen-bond acceptors (Lipinski definition) is 4. The Morgan fingerprint density at radius 2 is 2.04 bits per heavy atom. The van der Waals surface area contributed by atoms with Gasteiger partial charge in [0.2, 0.25) is 0 Å². The molecule has 0 aliphatic heterocycles. The molecule has 1 aromatic carbocycles.